The molecule has 0 radical (unpaired) electrons. The van der Waals surface area contributed by atoms with Crippen molar-refractivity contribution in [2.24, 2.45) is 5.41 Å². The number of methoxy groups -OCH3 is 1. The highest BCUT2D eigenvalue weighted by Crippen LogP contribution is 2.49. The van der Waals surface area contributed by atoms with Crippen LogP contribution in [0.15, 0.2) is 24.3 Å². The van der Waals surface area contributed by atoms with Crippen molar-refractivity contribution >= 4 is 24.2 Å². The molecule has 1 saturated carbocycles. The third kappa shape index (κ3) is 3.50. The first-order chi connectivity index (χ1) is 8.67. The number of carbonyl (C=O) groups is 1. The number of rotatable bonds is 6. The number of hydrogen-bond acceptors (Lipinski definition) is 3. The third-order valence-electron chi connectivity index (χ3n) is 3.38. The maximum Gasteiger partial charge on any atom is 0.224 e. The van der Waals surface area contributed by atoms with Gasteiger partial charge in [-0.15, -0.1) is 0 Å². The van der Waals surface area contributed by atoms with Crippen LogP contribution in [0.2, 0.25) is 0 Å². The first-order valence-electron chi connectivity index (χ1n) is 6.16. The lowest BCUT2D eigenvalue weighted by molar-refractivity contribution is -0.117. The van der Waals surface area contributed by atoms with Crippen LogP contribution in [0.4, 0.5) is 5.69 Å². The molecule has 1 amide bonds. The lowest BCUT2D eigenvalue weighted by Crippen LogP contribution is -2.18. The third-order valence-corrected chi connectivity index (χ3v) is 4.05. The number of ether oxygens (including phenoxy) is 1. The molecule has 98 valence electrons. The van der Waals surface area contributed by atoms with Crippen LogP contribution in [-0.4, -0.2) is 18.8 Å². The Hall–Kier alpha value is -1.00. The minimum Gasteiger partial charge on any atom is -0.380 e. The Morgan fingerprint density at radius 1 is 1.39 bits per heavy atom. The molecule has 0 spiro atoms. The van der Waals surface area contributed by atoms with Gasteiger partial charge in [0.05, 0.1) is 6.61 Å². The topological polar surface area (TPSA) is 38.3 Å². The second kappa shape index (κ2) is 5.76. The summed E-state index contributed by atoms with van der Waals surface area (Å²) in [6.45, 7) is 0.594. The number of thiol groups is 1. The van der Waals surface area contributed by atoms with Gasteiger partial charge in [0.25, 0.3) is 0 Å². The minimum absolute atomic E-state index is 0.0843. The van der Waals surface area contributed by atoms with Gasteiger partial charge in [0.15, 0.2) is 0 Å². The molecule has 2 rings (SSSR count). The summed E-state index contributed by atoms with van der Waals surface area (Å²) in [5.74, 6) is 0.883. The molecule has 0 atom stereocenters. The highest BCUT2D eigenvalue weighted by atomic mass is 32.1. The van der Waals surface area contributed by atoms with Crippen molar-refractivity contribution in [3.8, 4) is 0 Å². The summed E-state index contributed by atoms with van der Waals surface area (Å²) in [6.07, 6.45) is 2.82. The number of anilines is 1. The maximum absolute atomic E-state index is 11.9. The van der Waals surface area contributed by atoms with Gasteiger partial charge in [-0.3, -0.25) is 4.79 Å². The summed E-state index contributed by atoms with van der Waals surface area (Å²) < 4.78 is 5.04. The van der Waals surface area contributed by atoms with E-state index in [0.29, 0.717) is 13.0 Å². The molecule has 0 saturated heterocycles. The zero-order valence-electron chi connectivity index (χ0n) is 10.6. The second-order valence-electron chi connectivity index (χ2n) is 5.01. The normalized spacial score (nSPS) is 16.3. The maximum atomic E-state index is 11.9. The molecule has 1 aromatic carbocycles. The summed E-state index contributed by atoms with van der Waals surface area (Å²) in [5, 5.41) is 2.93. The molecule has 1 aromatic rings. The number of nitrogens with one attached hydrogen (secondary N) is 1. The van der Waals surface area contributed by atoms with Crippen molar-refractivity contribution in [1.29, 1.82) is 0 Å². The summed E-state index contributed by atoms with van der Waals surface area (Å²) in [4.78, 5) is 11.9. The molecule has 1 N–H and O–H groups in total. The molecule has 1 fully saturated rings. The molecule has 0 bridgehead atoms. The SMILES string of the molecule is COCc1ccc(NC(=O)CC2(CS)CC2)cc1. The van der Waals surface area contributed by atoms with Crippen molar-refractivity contribution < 1.29 is 9.53 Å². The number of benzene rings is 1. The summed E-state index contributed by atoms with van der Waals surface area (Å²) in [5.41, 5.74) is 2.11. The zero-order valence-corrected chi connectivity index (χ0v) is 11.5. The Morgan fingerprint density at radius 3 is 2.56 bits per heavy atom. The van der Waals surface area contributed by atoms with E-state index in [9.17, 15) is 4.79 Å². The van der Waals surface area contributed by atoms with Gasteiger partial charge < -0.3 is 10.1 Å². The van der Waals surface area contributed by atoms with Crippen molar-refractivity contribution in [3.63, 3.8) is 0 Å². The first-order valence-corrected chi connectivity index (χ1v) is 6.79. The van der Waals surface area contributed by atoms with Crippen LogP contribution < -0.4 is 5.32 Å². The van der Waals surface area contributed by atoms with Crippen LogP contribution in [-0.2, 0) is 16.1 Å². The fourth-order valence-corrected chi connectivity index (χ4v) is 2.39. The van der Waals surface area contributed by atoms with Crippen molar-refractivity contribution in [2.75, 3.05) is 18.2 Å². The van der Waals surface area contributed by atoms with Gasteiger partial charge in [0.2, 0.25) is 5.91 Å². The predicted molar refractivity (Wildman–Crippen MR) is 75.9 cm³/mol. The second-order valence-corrected chi connectivity index (χ2v) is 5.33. The molecule has 0 aromatic heterocycles. The number of amides is 1. The van der Waals surface area contributed by atoms with Gasteiger partial charge in [-0.05, 0) is 41.7 Å². The van der Waals surface area contributed by atoms with Gasteiger partial charge in [0.1, 0.15) is 0 Å². The fraction of sp³-hybridized carbons (Fsp3) is 0.500. The molecule has 1 aliphatic rings. The van der Waals surface area contributed by atoms with Gasteiger partial charge in [-0.1, -0.05) is 12.1 Å². The van der Waals surface area contributed by atoms with Gasteiger partial charge in [-0.2, -0.15) is 12.6 Å². The van der Waals surface area contributed by atoms with E-state index >= 15 is 0 Å². The average Bonchev–Trinajstić information content (AvgIpc) is 3.12. The largest absolute Gasteiger partial charge is 0.380 e. The van der Waals surface area contributed by atoms with Gasteiger partial charge >= 0.3 is 0 Å². The standard InChI is InChI=1S/C14H19NO2S/c1-17-9-11-2-4-12(5-3-11)15-13(16)8-14(10-18)6-7-14/h2-5,18H,6-10H2,1H3,(H,15,16). The smallest absolute Gasteiger partial charge is 0.224 e. The highest BCUT2D eigenvalue weighted by Gasteiger charge is 2.42. The van der Waals surface area contributed by atoms with E-state index in [1.807, 2.05) is 24.3 Å². The highest BCUT2D eigenvalue weighted by molar-refractivity contribution is 7.80. The van der Waals surface area contributed by atoms with Crippen LogP contribution in [0.25, 0.3) is 0 Å². The Morgan fingerprint density at radius 2 is 2.06 bits per heavy atom. The quantitative estimate of drug-likeness (QED) is 0.776. The van der Waals surface area contributed by atoms with Crippen LogP contribution in [0.5, 0.6) is 0 Å². The molecule has 0 unspecified atom stereocenters. The molecule has 1 aliphatic carbocycles. The van der Waals surface area contributed by atoms with E-state index in [1.54, 1.807) is 7.11 Å². The van der Waals surface area contributed by atoms with E-state index in [2.05, 4.69) is 17.9 Å². The summed E-state index contributed by atoms with van der Waals surface area (Å²) in [7, 11) is 1.67. The van der Waals surface area contributed by atoms with Crippen LogP contribution in [0.1, 0.15) is 24.8 Å². The summed E-state index contributed by atoms with van der Waals surface area (Å²) in [6, 6.07) is 7.74. The molecule has 0 aliphatic heterocycles. The lowest BCUT2D eigenvalue weighted by Gasteiger charge is -2.12. The van der Waals surface area contributed by atoms with Gasteiger partial charge in [-0.25, -0.2) is 0 Å². The van der Waals surface area contributed by atoms with Crippen molar-refractivity contribution in [1.82, 2.24) is 0 Å². The van der Waals surface area contributed by atoms with Crippen molar-refractivity contribution in [3.05, 3.63) is 29.8 Å². The molecule has 3 nitrogen and oxygen atoms in total. The Bertz CT molecular complexity index is 412. The molecule has 0 heterocycles. The Kier molecular flexibility index (Phi) is 4.30. The Balaban J connectivity index is 1.87. The number of carbonyl (C=O) groups excluding carboxylic acids is 1. The number of hydrogen-bond donors (Lipinski definition) is 2. The van der Waals surface area contributed by atoms with Gasteiger partial charge in [0, 0.05) is 19.2 Å². The van der Waals surface area contributed by atoms with Crippen LogP contribution >= 0.6 is 12.6 Å². The van der Waals surface area contributed by atoms with E-state index in [0.717, 1.165) is 29.8 Å². The summed E-state index contributed by atoms with van der Waals surface area (Å²) >= 11 is 4.31. The van der Waals surface area contributed by atoms with E-state index in [1.165, 1.54) is 0 Å². The molecule has 4 heteroatoms. The fourth-order valence-electron chi connectivity index (χ4n) is 1.96. The average molecular weight is 265 g/mol. The predicted octanol–water partition coefficient (Wildman–Crippen LogP) is 2.87. The molecule has 18 heavy (non-hydrogen) atoms. The van der Waals surface area contributed by atoms with E-state index in [4.69, 9.17) is 4.74 Å². The molecular formula is C14H19NO2S. The van der Waals surface area contributed by atoms with Crippen LogP contribution in [0, 0.1) is 5.41 Å². The van der Waals surface area contributed by atoms with Crippen molar-refractivity contribution in [2.45, 2.75) is 25.9 Å². The first kappa shape index (κ1) is 13.4. The molecular weight excluding hydrogens is 246 g/mol. The zero-order chi connectivity index (χ0) is 13.0. The monoisotopic (exact) mass is 265 g/mol. The Labute approximate surface area is 113 Å². The van der Waals surface area contributed by atoms with E-state index < -0.39 is 0 Å². The van der Waals surface area contributed by atoms with Crippen LogP contribution in [0.3, 0.4) is 0 Å². The minimum atomic E-state index is 0.0843. The van der Waals surface area contributed by atoms with E-state index in [-0.39, 0.29) is 11.3 Å². The lowest BCUT2D eigenvalue weighted by atomic mass is 10.1.